The molecule has 0 aromatic heterocycles. The van der Waals surface area contributed by atoms with Crippen LogP contribution < -0.4 is 5.32 Å². The van der Waals surface area contributed by atoms with Crippen LogP contribution in [0.1, 0.15) is 108 Å². The highest BCUT2D eigenvalue weighted by Crippen LogP contribution is 2.14. The van der Waals surface area contributed by atoms with Crippen molar-refractivity contribution in [3.8, 4) is 0 Å². The lowest BCUT2D eigenvalue weighted by Gasteiger charge is -2.29. The first-order valence-corrected chi connectivity index (χ1v) is 16.2. The Labute approximate surface area is 275 Å². The molecule has 0 aromatic rings. The van der Waals surface area contributed by atoms with Crippen LogP contribution in [0.2, 0.25) is 0 Å². The maximum Gasteiger partial charge on any atom is 0.410 e. The molecule has 0 aromatic carbocycles. The van der Waals surface area contributed by atoms with Crippen molar-refractivity contribution < 1.29 is 48.0 Å². The molecule has 0 saturated heterocycles. The summed E-state index contributed by atoms with van der Waals surface area (Å²) < 4.78 is 21.6. The van der Waals surface area contributed by atoms with Gasteiger partial charge >= 0.3 is 30.3 Å². The number of alkyl carbamates (subject to hydrolysis) is 1. The average molecular weight is 661 g/mol. The second-order valence-electron chi connectivity index (χ2n) is 14.1. The maximum absolute atomic E-state index is 13.0. The Morgan fingerprint density at radius 2 is 1.02 bits per heavy atom. The Morgan fingerprint density at radius 1 is 0.587 bits per heavy atom. The predicted molar refractivity (Wildman–Crippen MR) is 174 cm³/mol. The summed E-state index contributed by atoms with van der Waals surface area (Å²) in [5.41, 5.74) is -2.13. The third-order valence-electron chi connectivity index (χ3n) is 5.85. The van der Waals surface area contributed by atoms with Gasteiger partial charge in [-0.05, 0) is 94.4 Å². The van der Waals surface area contributed by atoms with E-state index in [0.717, 1.165) is 17.7 Å². The number of nitrogens with one attached hydrogen (secondary N) is 1. The predicted octanol–water partition coefficient (Wildman–Crippen LogP) is 5.87. The van der Waals surface area contributed by atoms with Crippen LogP contribution in [0.4, 0.5) is 19.2 Å². The van der Waals surface area contributed by atoms with Gasteiger partial charge in [0.2, 0.25) is 0 Å². The fourth-order valence-corrected chi connectivity index (χ4v) is 3.87. The molecule has 0 radical (unpaired) electrons. The van der Waals surface area contributed by atoms with E-state index in [1.54, 1.807) is 67.2 Å². The van der Waals surface area contributed by atoms with Gasteiger partial charge in [-0.2, -0.15) is 0 Å². The second kappa shape index (κ2) is 20.6. The van der Waals surface area contributed by atoms with Gasteiger partial charge in [0.1, 0.15) is 23.3 Å². The van der Waals surface area contributed by atoms with Crippen LogP contribution in [0.3, 0.4) is 0 Å². The first kappa shape index (κ1) is 42.6. The summed E-state index contributed by atoms with van der Waals surface area (Å²) in [6, 6.07) is 0. The molecule has 14 heteroatoms. The second-order valence-corrected chi connectivity index (χ2v) is 14.1. The molecule has 14 nitrogen and oxygen atoms in total. The number of carbonyl (C=O) groups excluding carboxylic acids is 4. The van der Waals surface area contributed by atoms with Gasteiger partial charge in [-0.1, -0.05) is 13.3 Å². The highest BCUT2D eigenvalue weighted by molar-refractivity contribution is 5.77. The smallest absolute Gasteiger partial charge is 0.410 e. The quantitative estimate of drug-likeness (QED) is 0.134. The molecule has 0 spiro atoms. The zero-order valence-corrected chi connectivity index (χ0v) is 29.9. The van der Waals surface area contributed by atoms with E-state index < -0.39 is 53.7 Å². The zero-order valence-electron chi connectivity index (χ0n) is 29.9. The van der Waals surface area contributed by atoms with Crippen LogP contribution in [0.15, 0.2) is 0 Å². The van der Waals surface area contributed by atoms with Crippen molar-refractivity contribution in [2.75, 3.05) is 52.4 Å². The van der Waals surface area contributed by atoms with Gasteiger partial charge in [0.05, 0.1) is 6.61 Å². The van der Waals surface area contributed by atoms with E-state index >= 15 is 0 Å². The van der Waals surface area contributed by atoms with Crippen LogP contribution in [-0.2, 0) is 23.7 Å². The van der Waals surface area contributed by atoms with Gasteiger partial charge in [0.15, 0.2) is 0 Å². The summed E-state index contributed by atoms with van der Waals surface area (Å²) in [6.45, 7) is 19.2. The van der Waals surface area contributed by atoms with Crippen molar-refractivity contribution in [1.82, 2.24) is 20.0 Å². The number of unbranched alkanes of at least 4 members (excludes halogenated alkanes) is 2. The summed E-state index contributed by atoms with van der Waals surface area (Å²) in [4.78, 5) is 65.8. The van der Waals surface area contributed by atoms with Crippen molar-refractivity contribution in [2.45, 2.75) is 125 Å². The van der Waals surface area contributed by atoms with Crippen molar-refractivity contribution in [1.29, 1.82) is 0 Å². The number of amides is 4. The molecule has 0 bridgehead atoms. The molecule has 0 aliphatic heterocycles. The number of aliphatic carboxylic acids is 1. The molecular formula is C32H60N4O10. The Hall–Kier alpha value is -3.45. The molecule has 0 aliphatic rings. The molecule has 268 valence electrons. The first-order chi connectivity index (χ1) is 21.1. The van der Waals surface area contributed by atoms with E-state index in [1.165, 1.54) is 4.90 Å². The molecular weight excluding hydrogens is 600 g/mol. The van der Waals surface area contributed by atoms with Crippen LogP contribution in [0, 0.1) is 0 Å². The minimum absolute atomic E-state index is 0.0647. The monoisotopic (exact) mass is 660 g/mol. The number of carbonyl (C=O) groups is 5. The molecule has 0 unspecified atom stereocenters. The summed E-state index contributed by atoms with van der Waals surface area (Å²) in [5.74, 6) is -1.17. The van der Waals surface area contributed by atoms with E-state index in [4.69, 9.17) is 18.9 Å². The molecule has 0 rings (SSSR count). The zero-order chi connectivity index (χ0) is 35.6. The topological polar surface area (TPSA) is 164 Å². The van der Waals surface area contributed by atoms with E-state index in [9.17, 15) is 29.1 Å². The summed E-state index contributed by atoms with van der Waals surface area (Å²) in [5, 5.41) is 12.0. The lowest BCUT2D eigenvalue weighted by atomic mass is 10.2. The number of nitrogens with zero attached hydrogens (tertiary/aromatic N) is 3. The number of ether oxygens (including phenoxy) is 4. The molecule has 46 heavy (non-hydrogen) atoms. The maximum atomic E-state index is 13.0. The number of carboxylic acids is 1. The highest BCUT2D eigenvalue weighted by Gasteiger charge is 2.26. The van der Waals surface area contributed by atoms with Gasteiger partial charge in [0.25, 0.3) is 0 Å². The Balaban J connectivity index is 5.28. The molecule has 0 heterocycles. The molecule has 0 atom stereocenters. The van der Waals surface area contributed by atoms with Crippen LogP contribution >= 0.6 is 0 Å². The third-order valence-corrected chi connectivity index (χ3v) is 5.85. The Kier molecular flexibility index (Phi) is 19.1. The average Bonchev–Trinajstić information content (AvgIpc) is 2.87. The van der Waals surface area contributed by atoms with Gasteiger partial charge in [-0.25, -0.2) is 19.2 Å². The van der Waals surface area contributed by atoms with Crippen molar-refractivity contribution in [2.24, 2.45) is 0 Å². The molecule has 0 saturated carbocycles. The third kappa shape index (κ3) is 23.0. The number of hydrogen-bond acceptors (Lipinski definition) is 9. The normalized spacial score (nSPS) is 11.7. The fraction of sp³-hybridized carbons (Fsp3) is 0.844. The van der Waals surface area contributed by atoms with Crippen LogP contribution in [0.5, 0.6) is 0 Å². The minimum Gasteiger partial charge on any atom is -0.480 e. The summed E-state index contributed by atoms with van der Waals surface area (Å²) >= 11 is 0. The SMILES string of the molecule is CCCCOC(=O)N(CCCCN(CCCN(CC(=O)O)C(=O)OC(C)(C)C)C(=O)OC(C)(C)C)CCCNC(=O)OC(C)(C)C. The van der Waals surface area contributed by atoms with Gasteiger partial charge < -0.3 is 39.2 Å². The molecule has 0 aliphatic carbocycles. The number of hydrogen-bond donors (Lipinski definition) is 2. The minimum atomic E-state index is -1.17. The van der Waals surface area contributed by atoms with Crippen LogP contribution in [-0.4, -0.2) is 119 Å². The number of rotatable bonds is 18. The Morgan fingerprint density at radius 3 is 1.50 bits per heavy atom. The fourth-order valence-electron chi connectivity index (χ4n) is 3.87. The van der Waals surface area contributed by atoms with Gasteiger partial charge in [-0.15, -0.1) is 0 Å². The Bertz CT molecular complexity index is 954. The lowest BCUT2D eigenvalue weighted by Crippen LogP contribution is -2.42. The van der Waals surface area contributed by atoms with E-state index in [1.807, 2.05) is 6.92 Å². The van der Waals surface area contributed by atoms with Gasteiger partial charge in [0, 0.05) is 39.3 Å². The van der Waals surface area contributed by atoms with Crippen LogP contribution in [0.25, 0.3) is 0 Å². The highest BCUT2D eigenvalue weighted by atomic mass is 16.6. The van der Waals surface area contributed by atoms with Crippen molar-refractivity contribution in [3.63, 3.8) is 0 Å². The summed E-state index contributed by atoms with van der Waals surface area (Å²) in [7, 11) is 0. The summed E-state index contributed by atoms with van der Waals surface area (Å²) in [6.07, 6.45) is 1.30. The van der Waals surface area contributed by atoms with E-state index in [0.29, 0.717) is 58.5 Å². The lowest BCUT2D eigenvalue weighted by molar-refractivity contribution is -0.138. The molecule has 2 N–H and O–H groups in total. The molecule has 4 amide bonds. The van der Waals surface area contributed by atoms with E-state index in [2.05, 4.69) is 5.32 Å². The van der Waals surface area contributed by atoms with Crippen molar-refractivity contribution >= 4 is 30.3 Å². The van der Waals surface area contributed by atoms with E-state index in [-0.39, 0.29) is 13.1 Å². The standard InChI is InChI=1S/C32H60N4O10/c1-11-12-23-43-27(40)34(20-15-17-33-26(39)44-30(2,3)4)18-13-14-19-35(28(41)45-31(5,6)7)21-16-22-36(24-25(37)38)29(42)46-32(8,9)10/h11-24H2,1-10H3,(H,33,39)(H,37,38). The first-order valence-electron chi connectivity index (χ1n) is 16.2. The largest absolute Gasteiger partial charge is 0.480 e. The van der Waals surface area contributed by atoms with Gasteiger partial charge in [-0.3, -0.25) is 9.69 Å². The number of carboxylic acid groups (broad SMARTS) is 1. The van der Waals surface area contributed by atoms with Crippen molar-refractivity contribution in [3.05, 3.63) is 0 Å². The molecule has 0 fully saturated rings.